The van der Waals surface area contributed by atoms with Crippen molar-refractivity contribution in [3.05, 3.63) is 42.2 Å². The van der Waals surface area contributed by atoms with Crippen LogP contribution in [0.15, 0.2) is 36.7 Å². The number of nitrogens with one attached hydrogen (secondary N) is 2. The molecular weight excluding hydrogens is 308 g/mol. The Morgan fingerprint density at radius 2 is 2.12 bits per heavy atom. The van der Waals surface area contributed by atoms with Gasteiger partial charge in [0.2, 0.25) is 12.7 Å². The highest BCUT2D eigenvalue weighted by molar-refractivity contribution is 5.84. The summed E-state index contributed by atoms with van der Waals surface area (Å²) in [6, 6.07) is 7.58. The van der Waals surface area contributed by atoms with Crippen LogP contribution in [0.1, 0.15) is 18.4 Å². The van der Waals surface area contributed by atoms with Gasteiger partial charge in [-0.15, -0.1) is 0 Å². The molecule has 1 aromatic heterocycles. The summed E-state index contributed by atoms with van der Waals surface area (Å²) >= 11 is 0. The molecule has 2 aliphatic heterocycles. The van der Waals surface area contributed by atoms with Gasteiger partial charge < -0.3 is 20.1 Å². The third kappa shape index (κ3) is 2.60. The maximum atomic E-state index is 13.0. The number of nitrogens with zero attached hydrogens (tertiary/aromatic N) is 2. The van der Waals surface area contributed by atoms with Gasteiger partial charge in [0.1, 0.15) is 5.54 Å². The highest BCUT2D eigenvalue weighted by atomic mass is 16.7. The van der Waals surface area contributed by atoms with Crippen LogP contribution < -0.4 is 20.1 Å². The van der Waals surface area contributed by atoms with Crippen LogP contribution in [0.4, 0.5) is 0 Å². The largest absolute Gasteiger partial charge is 0.454 e. The lowest BCUT2D eigenvalue weighted by atomic mass is 9.87. The molecule has 1 saturated heterocycles. The summed E-state index contributed by atoms with van der Waals surface area (Å²) < 4.78 is 12.5. The first kappa shape index (κ1) is 15.0. The van der Waals surface area contributed by atoms with Crippen LogP contribution in [-0.4, -0.2) is 35.6 Å². The minimum atomic E-state index is -0.620. The molecule has 0 aliphatic carbocycles. The molecule has 0 atom stereocenters. The number of amides is 1. The number of carbonyl (C=O) groups excluding carboxylic acids is 1. The molecule has 126 valence electrons. The molecule has 0 saturated carbocycles. The number of aromatic nitrogens is 2. The molecule has 24 heavy (non-hydrogen) atoms. The Morgan fingerprint density at radius 3 is 2.92 bits per heavy atom. The van der Waals surface area contributed by atoms with Crippen molar-refractivity contribution < 1.29 is 14.3 Å². The third-order valence-corrected chi connectivity index (χ3v) is 4.69. The predicted molar refractivity (Wildman–Crippen MR) is 86.7 cm³/mol. The van der Waals surface area contributed by atoms with Gasteiger partial charge in [-0.25, -0.2) is 0 Å². The zero-order valence-corrected chi connectivity index (χ0v) is 13.3. The Kier molecular flexibility index (Phi) is 3.86. The van der Waals surface area contributed by atoms with Crippen molar-refractivity contribution in [1.82, 2.24) is 20.4 Å². The lowest BCUT2D eigenvalue weighted by molar-refractivity contribution is -0.132. The standard InChI is InChI=1S/C17H20N4O3/c22-16(17(4-7-18-8-5-17)21-9-1-6-20-21)19-11-13-2-3-14-15(10-13)24-12-23-14/h1-3,6,9-10,18H,4-5,7-8,11-12H2,(H,19,22). The molecule has 2 N–H and O–H groups in total. The summed E-state index contributed by atoms with van der Waals surface area (Å²) in [5, 5.41) is 10.7. The van der Waals surface area contributed by atoms with Crippen molar-refractivity contribution in [3.63, 3.8) is 0 Å². The van der Waals surface area contributed by atoms with E-state index in [9.17, 15) is 4.79 Å². The van der Waals surface area contributed by atoms with Gasteiger partial charge in [-0.3, -0.25) is 9.48 Å². The normalized spacial score (nSPS) is 18.3. The third-order valence-electron chi connectivity index (χ3n) is 4.69. The van der Waals surface area contributed by atoms with Gasteiger partial charge >= 0.3 is 0 Å². The second kappa shape index (κ2) is 6.16. The maximum Gasteiger partial charge on any atom is 0.248 e. The molecule has 2 aliphatic rings. The molecule has 7 heteroatoms. The molecule has 3 heterocycles. The molecule has 0 unspecified atom stereocenters. The van der Waals surface area contributed by atoms with Crippen LogP contribution in [-0.2, 0) is 16.9 Å². The van der Waals surface area contributed by atoms with E-state index in [0.29, 0.717) is 6.54 Å². The summed E-state index contributed by atoms with van der Waals surface area (Å²) in [4.78, 5) is 13.0. The van der Waals surface area contributed by atoms with Gasteiger partial charge in [0.25, 0.3) is 0 Å². The van der Waals surface area contributed by atoms with Crippen LogP contribution in [0, 0.1) is 0 Å². The van der Waals surface area contributed by atoms with Gasteiger partial charge in [0.15, 0.2) is 11.5 Å². The first-order valence-electron chi connectivity index (χ1n) is 8.16. The van der Waals surface area contributed by atoms with E-state index in [-0.39, 0.29) is 12.7 Å². The van der Waals surface area contributed by atoms with E-state index >= 15 is 0 Å². The van der Waals surface area contributed by atoms with Crippen LogP contribution in [0.2, 0.25) is 0 Å². The summed E-state index contributed by atoms with van der Waals surface area (Å²) in [5.41, 5.74) is 0.364. The molecule has 7 nitrogen and oxygen atoms in total. The Bertz CT molecular complexity index is 723. The van der Waals surface area contributed by atoms with Gasteiger partial charge in [0, 0.05) is 18.9 Å². The van der Waals surface area contributed by atoms with E-state index in [1.165, 1.54) is 0 Å². The smallest absolute Gasteiger partial charge is 0.248 e. The number of piperidine rings is 1. The Morgan fingerprint density at radius 1 is 1.29 bits per heavy atom. The van der Waals surface area contributed by atoms with E-state index in [2.05, 4.69) is 15.7 Å². The molecule has 1 aromatic carbocycles. The minimum absolute atomic E-state index is 0.00497. The van der Waals surface area contributed by atoms with Gasteiger partial charge in [0.05, 0.1) is 0 Å². The highest BCUT2D eigenvalue weighted by Crippen LogP contribution is 2.32. The summed E-state index contributed by atoms with van der Waals surface area (Å²) in [5.74, 6) is 1.48. The van der Waals surface area contributed by atoms with Crippen molar-refractivity contribution in [1.29, 1.82) is 0 Å². The zero-order chi connectivity index (χ0) is 16.4. The van der Waals surface area contributed by atoms with E-state index in [0.717, 1.165) is 43.0 Å². The number of ether oxygens (including phenoxy) is 2. The van der Waals surface area contributed by atoms with Gasteiger partial charge in [-0.1, -0.05) is 6.07 Å². The number of rotatable bonds is 4. The average Bonchev–Trinajstić information content (AvgIpc) is 3.31. The van der Waals surface area contributed by atoms with E-state index in [1.54, 1.807) is 10.9 Å². The summed E-state index contributed by atoms with van der Waals surface area (Å²) in [7, 11) is 0. The van der Waals surface area contributed by atoms with Crippen LogP contribution in [0.3, 0.4) is 0 Å². The number of hydrogen-bond acceptors (Lipinski definition) is 5. The topological polar surface area (TPSA) is 77.4 Å². The highest BCUT2D eigenvalue weighted by Gasteiger charge is 2.41. The molecule has 1 amide bonds. The first-order valence-corrected chi connectivity index (χ1v) is 8.16. The molecule has 0 radical (unpaired) electrons. The number of benzene rings is 1. The molecule has 0 bridgehead atoms. The molecule has 1 fully saturated rings. The maximum absolute atomic E-state index is 13.0. The predicted octanol–water partition coefficient (Wildman–Crippen LogP) is 1.01. The van der Waals surface area contributed by atoms with Gasteiger partial charge in [-0.2, -0.15) is 5.10 Å². The quantitative estimate of drug-likeness (QED) is 0.876. The van der Waals surface area contributed by atoms with Crippen molar-refractivity contribution in [2.24, 2.45) is 0 Å². The van der Waals surface area contributed by atoms with E-state index in [4.69, 9.17) is 9.47 Å². The lowest BCUT2D eigenvalue weighted by Gasteiger charge is -2.36. The number of fused-ring (bicyclic) bond motifs is 1. The molecule has 4 rings (SSSR count). The fourth-order valence-electron chi connectivity index (χ4n) is 3.32. The first-order chi connectivity index (χ1) is 11.8. The van der Waals surface area contributed by atoms with Gasteiger partial charge in [-0.05, 0) is 49.7 Å². The fourth-order valence-corrected chi connectivity index (χ4v) is 3.32. The number of carbonyl (C=O) groups is 1. The van der Waals surface area contributed by atoms with Crippen LogP contribution >= 0.6 is 0 Å². The summed E-state index contributed by atoms with van der Waals surface area (Å²) in [6.07, 6.45) is 5.03. The van der Waals surface area contributed by atoms with E-state index in [1.807, 2.05) is 30.5 Å². The summed E-state index contributed by atoms with van der Waals surface area (Å²) in [6.45, 7) is 2.31. The second-order valence-electron chi connectivity index (χ2n) is 6.10. The Balaban J connectivity index is 1.49. The minimum Gasteiger partial charge on any atom is -0.454 e. The zero-order valence-electron chi connectivity index (χ0n) is 13.3. The monoisotopic (exact) mass is 328 g/mol. The Labute approximate surface area is 139 Å². The molecule has 2 aromatic rings. The lowest BCUT2D eigenvalue weighted by Crippen LogP contribution is -2.54. The average molecular weight is 328 g/mol. The van der Waals surface area contributed by atoms with Crippen LogP contribution in [0.5, 0.6) is 11.5 Å². The van der Waals surface area contributed by atoms with E-state index < -0.39 is 5.54 Å². The fraction of sp³-hybridized carbons (Fsp3) is 0.412. The molecular formula is C17H20N4O3. The van der Waals surface area contributed by atoms with Crippen LogP contribution in [0.25, 0.3) is 0 Å². The van der Waals surface area contributed by atoms with Crippen molar-refractivity contribution in [3.8, 4) is 11.5 Å². The molecule has 0 spiro atoms. The van der Waals surface area contributed by atoms with Crippen molar-refractivity contribution >= 4 is 5.91 Å². The SMILES string of the molecule is O=C(NCc1ccc2c(c1)OCO2)C1(n2cccn2)CCNCC1. The Hall–Kier alpha value is -2.54. The van der Waals surface area contributed by atoms with Crippen molar-refractivity contribution in [2.75, 3.05) is 19.9 Å². The number of hydrogen-bond donors (Lipinski definition) is 2. The van der Waals surface area contributed by atoms with Crippen molar-refractivity contribution in [2.45, 2.75) is 24.9 Å². The second-order valence-corrected chi connectivity index (χ2v) is 6.10.